The maximum absolute atomic E-state index is 12.7. The van der Waals surface area contributed by atoms with Crippen molar-refractivity contribution in [3.05, 3.63) is 59.7 Å². The van der Waals surface area contributed by atoms with Crippen LogP contribution in [0.15, 0.2) is 53.3 Å². The van der Waals surface area contributed by atoms with Gasteiger partial charge in [-0.05, 0) is 18.9 Å². The van der Waals surface area contributed by atoms with Crippen LogP contribution in [0, 0.1) is 6.92 Å². The van der Waals surface area contributed by atoms with Crippen molar-refractivity contribution < 1.29 is 22.8 Å². The minimum Gasteiger partial charge on any atom is -0.395 e. The van der Waals surface area contributed by atoms with Crippen LogP contribution < -0.4 is 11.1 Å². The summed E-state index contributed by atoms with van der Waals surface area (Å²) in [6.45, 7) is 1.83. The molecule has 8 nitrogen and oxygen atoms in total. The maximum Gasteiger partial charge on any atom is 0.430 e. The van der Waals surface area contributed by atoms with Crippen LogP contribution in [0.4, 0.5) is 13.2 Å². The first-order chi connectivity index (χ1) is 15.1. The van der Waals surface area contributed by atoms with E-state index in [0.29, 0.717) is 11.8 Å². The van der Waals surface area contributed by atoms with Gasteiger partial charge in [-0.1, -0.05) is 30.3 Å². The summed E-state index contributed by atoms with van der Waals surface area (Å²) in [5.41, 5.74) is 5.81. The van der Waals surface area contributed by atoms with Gasteiger partial charge in [-0.15, -0.1) is 0 Å². The zero-order valence-corrected chi connectivity index (χ0v) is 17.3. The Morgan fingerprint density at radius 1 is 1.28 bits per heavy atom. The fraction of sp³-hybridized carbons (Fsp3) is 0.286. The highest BCUT2D eigenvalue weighted by Gasteiger charge is 2.34. The van der Waals surface area contributed by atoms with Gasteiger partial charge < -0.3 is 11.1 Å². The second kappa shape index (κ2) is 9.16. The summed E-state index contributed by atoms with van der Waals surface area (Å²) in [6.07, 6.45) is -2.55. The molecule has 32 heavy (non-hydrogen) atoms. The molecule has 1 aromatic heterocycles. The van der Waals surface area contributed by atoms with E-state index in [2.05, 4.69) is 20.3 Å². The number of allylic oxidation sites excluding steroid dienone is 1. The fourth-order valence-electron chi connectivity index (χ4n) is 3.04. The van der Waals surface area contributed by atoms with Crippen LogP contribution in [-0.2, 0) is 4.79 Å². The molecule has 2 amide bonds. The molecule has 0 bridgehead atoms. The normalized spacial score (nSPS) is 17.6. The SMILES string of the molecule is Cc1cnc(C(=O)NC2CCN=C(/C=C(\N)C(F)(F)F)N(C)C2=O)nc1-c1ccccc1. The molecule has 168 valence electrons. The highest BCUT2D eigenvalue weighted by molar-refractivity contribution is 6.07. The minimum atomic E-state index is -4.74. The molecule has 0 fully saturated rings. The summed E-state index contributed by atoms with van der Waals surface area (Å²) in [4.78, 5) is 38.8. The number of amides is 2. The van der Waals surface area contributed by atoms with Crippen LogP contribution in [0.3, 0.4) is 0 Å². The third kappa shape index (κ3) is 5.10. The number of nitrogens with zero attached hydrogens (tertiary/aromatic N) is 4. The van der Waals surface area contributed by atoms with E-state index in [4.69, 9.17) is 5.73 Å². The smallest absolute Gasteiger partial charge is 0.395 e. The van der Waals surface area contributed by atoms with Gasteiger partial charge in [-0.2, -0.15) is 13.2 Å². The summed E-state index contributed by atoms with van der Waals surface area (Å²) < 4.78 is 38.2. The standard InChI is InChI=1S/C21H21F3N6O2/c1-12-11-27-18(29-17(12)13-6-4-3-5-7-13)19(31)28-14-8-9-26-16(30(2)20(14)32)10-15(25)21(22,23)24/h3-7,10-11,14H,8-9,25H2,1-2H3,(H,28,31)/b15-10-. The van der Waals surface area contributed by atoms with E-state index in [0.717, 1.165) is 16.0 Å². The molecule has 0 saturated carbocycles. The number of amidine groups is 1. The number of benzene rings is 1. The highest BCUT2D eigenvalue weighted by Crippen LogP contribution is 2.22. The Bertz CT molecular complexity index is 1080. The average molecular weight is 446 g/mol. The first kappa shape index (κ1) is 22.9. The number of aryl methyl sites for hydroxylation is 1. The van der Waals surface area contributed by atoms with Crippen LogP contribution in [-0.4, -0.2) is 58.3 Å². The Hall–Kier alpha value is -3.76. The van der Waals surface area contributed by atoms with Crippen LogP contribution in [0.1, 0.15) is 22.6 Å². The zero-order chi connectivity index (χ0) is 23.5. The summed E-state index contributed by atoms with van der Waals surface area (Å²) in [6, 6.07) is 8.22. The molecule has 1 aliphatic rings. The monoisotopic (exact) mass is 446 g/mol. The molecular formula is C21H21F3N6O2. The second-order valence-electron chi connectivity index (χ2n) is 7.14. The van der Waals surface area contributed by atoms with Gasteiger partial charge in [-0.25, -0.2) is 9.97 Å². The Labute approximate surface area is 182 Å². The van der Waals surface area contributed by atoms with Crippen LogP contribution in [0.5, 0.6) is 0 Å². The van der Waals surface area contributed by atoms with Crippen molar-refractivity contribution in [3.63, 3.8) is 0 Å². The molecule has 1 unspecified atom stereocenters. The van der Waals surface area contributed by atoms with Crippen molar-refractivity contribution in [3.8, 4) is 11.3 Å². The lowest BCUT2D eigenvalue weighted by Crippen LogP contribution is -2.48. The number of hydrogen-bond acceptors (Lipinski definition) is 6. The quantitative estimate of drug-likeness (QED) is 0.748. The fourth-order valence-corrected chi connectivity index (χ4v) is 3.04. The lowest BCUT2D eigenvalue weighted by molar-refractivity contribution is -0.128. The number of carbonyl (C=O) groups is 2. The van der Waals surface area contributed by atoms with Gasteiger partial charge >= 0.3 is 6.18 Å². The number of nitrogens with one attached hydrogen (secondary N) is 1. The summed E-state index contributed by atoms with van der Waals surface area (Å²) in [5, 5.41) is 2.55. The van der Waals surface area contributed by atoms with E-state index in [9.17, 15) is 22.8 Å². The van der Waals surface area contributed by atoms with E-state index in [1.165, 1.54) is 13.2 Å². The lowest BCUT2D eigenvalue weighted by atomic mass is 10.1. The van der Waals surface area contributed by atoms with Crippen molar-refractivity contribution in [1.29, 1.82) is 0 Å². The second-order valence-corrected chi connectivity index (χ2v) is 7.14. The van der Waals surface area contributed by atoms with Crippen molar-refractivity contribution in [2.75, 3.05) is 13.6 Å². The van der Waals surface area contributed by atoms with Crippen molar-refractivity contribution >= 4 is 17.6 Å². The summed E-state index contributed by atoms with van der Waals surface area (Å²) >= 11 is 0. The van der Waals surface area contributed by atoms with Gasteiger partial charge in [0.2, 0.25) is 5.82 Å². The van der Waals surface area contributed by atoms with Crippen molar-refractivity contribution in [2.24, 2.45) is 10.7 Å². The third-order valence-corrected chi connectivity index (χ3v) is 4.80. The topological polar surface area (TPSA) is 114 Å². The highest BCUT2D eigenvalue weighted by atomic mass is 19.4. The van der Waals surface area contributed by atoms with E-state index in [-0.39, 0.29) is 24.6 Å². The van der Waals surface area contributed by atoms with Crippen molar-refractivity contribution in [2.45, 2.75) is 25.6 Å². The molecule has 1 aromatic carbocycles. The predicted octanol–water partition coefficient (Wildman–Crippen LogP) is 2.22. The van der Waals surface area contributed by atoms with Gasteiger partial charge in [0.25, 0.3) is 11.8 Å². The van der Waals surface area contributed by atoms with Gasteiger partial charge in [0.1, 0.15) is 17.6 Å². The number of alkyl halides is 3. The minimum absolute atomic E-state index is 0.0159. The van der Waals surface area contributed by atoms with E-state index in [1.807, 2.05) is 37.3 Å². The van der Waals surface area contributed by atoms with Gasteiger partial charge in [0, 0.05) is 31.4 Å². The number of likely N-dealkylation sites (N-methyl/N-ethyl adjacent to an activating group) is 1. The number of aliphatic imine (C=N–C) groups is 1. The lowest BCUT2D eigenvalue weighted by Gasteiger charge is -2.21. The van der Waals surface area contributed by atoms with E-state index >= 15 is 0 Å². The molecule has 0 radical (unpaired) electrons. The Kier molecular flexibility index (Phi) is 6.56. The van der Waals surface area contributed by atoms with Crippen LogP contribution in [0.2, 0.25) is 0 Å². The number of nitrogens with two attached hydrogens (primary N) is 1. The first-order valence-corrected chi connectivity index (χ1v) is 9.64. The number of rotatable bonds is 4. The molecule has 1 aliphatic heterocycles. The van der Waals surface area contributed by atoms with Crippen LogP contribution in [0.25, 0.3) is 11.3 Å². The molecule has 2 heterocycles. The summed E-state index contributed by atoms with van der Waals surface area (Å²) in [5.74, 6) is -1.67. The molecule has 3 N–H and O–H groups in total. The third-order valence-electron chi connectivity index (χ3n) is 4.80. The molecular weight excluding hydrogens is 425 g/mol. The van der Waals surface area contributed by atoms with Gasteiger partial charge in [0.15, 0.2) is 0 Å². The number of halogens is 3. The molecule has 11 heteroatoms. The number of carbonyl (C=O) groups excluding carboxylic acids is 2. The Morgan fingerprint density at radius 3 is 2.62 bits per heavy atom. The average Bonchev–Trinajstić information content (AvgIpc) is 2.88. The number of aromatic nitrogens is 2. The van der Waals surface area contributed by atoms with Gasteiger partial charge in [0.05, 0.1) is 5.69 Å². The van der Waals surface area contributed by atoms with Gasteiger partial charge in [-0.3, -0.25) is 19.5 Å². The van der Waals surface area contributed by atoms with Crippen molar-refractivity contribution in [1.82, 2.24) is 20.2 Å². The molecule has 0 spiro atoms. The zero-order valence-electron chi connectivity index (χ0n) is 17.3. The van der Waals surface area contributed by atoms with Crippen LogP contribution >= 0.6 is 0 Å². The number of hydrogen-bond donors (Lipinski definition) is 2. The van der Waals surface area contributed by atoms with E-state index < -0.39 is 29.7 Å². The predicted molar refractivity (Wildman–Crippen MR) is 111 cm³/mol. The Balaban J connectivity index is 1.77. The molecule has 1 atom stereocenters. The molecule has 3 rings (SSSR count). The van der Waals surface area contributed by atoms with E-state index in [1.54, 1.807) is 0 Å². The largest absolute Gasteiger partial charge is 0.430 e. The first-order valence-electron chi connectivity index (χ1n) is 9.64. The molecule has 2 aromatic rings. The summed E-state index contributed by atoms with van der Waals surface area (Å²) in [7, 11) is 1.27. The molecule has 0 aliphatic carbocycles. The maximum atomic E-state index is 12.7. The molecule has 0 saturated heterocycles. The Morgan fingerprint density at radius 2 is 1.97 bits per heavy atom.